The molecule has 164 valence electrons. The van der Waals surface area contributed by atoms with Gasteiger partial charge in [0.2, 0.25) is 0 Å². The number of hydrogen-bond acceptors (Lipinski definition) is 3. The number of halogens is 2. The molecule has 1 heterocycles. The van der Waals surface area contributed by atoms with Gasteiger partial charge in [-0.2, -0.15) is 0 Å². The average molecular weight is 520 g/mol. The number of aliphatic imine (C=N–C) groups is 1. The molecular weight excluding hydrogens is 486 g/mol. The average Bonchev–Trinajstić information content (AvgIpc) is 2.63. The van der Waals surface area contributed by atoms with Gasteiger partial charge in [-0.3, -0.25) is 4.99 Å². The van der Waals surface area contributed by atoms with Crippen LogP contribution in [-0.2, 0) is 11.2 Å². The summed E-state index contributed by atoms with van der Waals surface area (Å²) in [7, 11) is 1.74. The topological polar surface area (TPSA) is 66.0 Å². The molecule has 29 heavy (non-hydrogen) atoms. The summed E-state index contributed by atoms with van der Waals surface area (Å²) in [6.07, 6.45) is 2.37. The van der Waals surface area contributed by atoms with E-state index in [-0.39, 0.29) is 35.9 Å². The van der Waals surface area contributed by atoms with Gasteiger partial charge in [0.1, 0.15) is 11.4 Å². The Morgan fingerprint density at radius 3 is 2.55 bits per heavy atom. The molecule has 1 fully saturated rings. The summed E-state index contributed by atoms with van der Waals surface area (Å²) in [4.78, 5) is 18.2. The van der Waals surface area contributed by atoms with Gasteiger partial charge in [0.15, 0.2) is 5.96 Å². The van der Waals surface area contributed by atoms with E-state index in [0.29, 0.717) is 25.6 Å². The molecule has 6 nitrogen and oxygen atoms in total. The van der Waals surface area contributed by atoms with Crippen LogP contribution in [0.1, 0.15) is 39.2 Å². The van der Waals surface area contributed by atoms with Crippen molar-refractivity contribution in [1.82, 2.24) is 15.5 Å². The second-order valence-electron chi connectivity index (χ2n) is 8.17. The number of benzene rings is 1. The van der Waals surface area contributed by atoms with Crippen molar-refractivity contribution < 1.29 is 13.9 Å². The zero-order chi connectivity index (χ0) is 20.6. The van der Waals surface area contributed by atoms with Gasteiger partial charge >= 0.3 is 6.09 Å². The molecule has 8 heteroatoms. The molecule has 0 bridgehead atoms. The van der Waals surface area contributed by atoms with Crippen LogP contribution in [0.25, 0.3) is 0 Å². The van der Waals surface area contributed by atoms with Gasteiger partial charge < -0.3 is 20.3 Å². The molecule has 1 aromatic carbocycles. The van der Waals surface area contributed by atoms with Gasteiger partial charge in [0.05, 0.1) is 0 Å². The molecule has 0 radical (unpaired) electrons. The van der Waals surface area contributed by atoms with Crippen LogP contribution in [0.3, 0.4) is 0 Å². The van der Waals surface area contributed by atoms with Crippen LogP contribution in [0, 0.1) is 11.7 Å². The van der Waals surface area contributed by atoms with E-state index >= 15 is 0 Å². The van der Waals surface area contributed by atoms with E-state index in [1.807, 2.05) is 26.8 Å². The Kier molecular flexibility index (Phi) is 10.7. The Balaban J connectivity index is 0.00000420. The maximum Gasteiger partial charge on any atom is 0.410 e. The Morgan fingerprint density at radius 1 is 1.28 bits per heavy atom. The van der Waals surface area contributed by atoms with Crippen LogP contribution in [0.2, 0.25) is 0 Å². The lowest BCUT2D eigenvalue weighted by Gasteiger charge is -2.33. The summed E-state index contributed by atoms with van der Waals surface area (Å²) in [5.41, 5.74) is 0.497. The van der Waals surface area contributed by atoms with Crippen molar-refractivity contribution in [3.63, 3.8) is 0 Å². The van der Waals surface area contributed by atoms with Gasteiger partial charge in [-0.1, -0.05) is 12.1 Å². The lowest BCUT2D eigenvalue weighted by molar-refractivity contribution is 0.0185. The van der Waals surface area contributed by atoms with Gasteiger partial charge in [-0.25, -0.2) is 9.18 Å². The van der Waals surface area contributed by atoms with E-state index in [2.05, 4.69) is 15.6 Å². The molecule has 0 unspecified atom stereocenters. The lowest BCUT2D eigenvalue weighted by atomic mass is 9.97. The second kappa shape index (κ2) is 12.2. The fourth-order valence-electron chi connectivity index (χ4n) is 3.13. The van der Waals surface area contributed by atoms with Crippen LogP contribution < -0.4 is 10.6 Å². The standard InChI is InChI=1S/C21H33FN4O2.HI/c1-21(2,3)28-20(27)26-12-9-17(10-13-26)15-25-19(23-4)24-11-8-16-6-5-7-18(22)14-16;/h5-7,14,17H,8-13,15H2,1-4H3,(H2,23,24,25);1H. The summed E-state index contributed by atoms with van der Waals surface area (Å²) in [5, 5.41) is 6.61. The van der Waals surface area contributed by atoms with E-state index in [4.69, 9.17) is 4.74 Å². The van der Waals surface area contributed by atoms with Gasteiger partial charge in [-0.05, 0) is 63.6 Å². The van der Waals surface area contributed by atoms with E-state index in [1.165, 1.54) is 6.07 Å². The quantitative estimate of drug-likeness (QED) is 0.352. The van der Waals surface area contributed by atoms with Crippen molar-refractivity contribution in [1.29, 1.82) is 0 Å². The van der Waals surface area contributed by atoms with Crippen molar-refractivity contribution in [3.8, 4) is 0 Å². The van der Waals surface area contributed by atoms with Crippen LogP contribution in [0.4, 0.5) is 9.18 Å². The Labute approximate surface area is 190 Å². The number of nitrogens with zero attached hydrogens (tertiary/aromatic N) is 2. The highest BCUT2D eigenvalue weighted by atomic mass is 127. The fourth-order valence-corrected chi connectivity index (χ4v) is 3.13. The third-order valence-electron chi connectivity index (χ3n) is 4.64. The van der Waals surface area contributed by atoms with Gasteiger partial charge in [-0.15, -0.1) is 24.0 Å². The Morgan fingerprint density at radius 2 is 1.97 bits per heavy atom. The molecule has 0 aliphatic carbocycles. The van der Waals surface area contributed by atoms with Crippen molar-refractivity contribution >= 4 is 36.0 Å². The molecule has 0 saturated carbocycles. The van der Waals surface area contributed by atoms with Gasteiger partial charge in [0.25, 0.3) is 0 Å². The molecule has 1 amide bonds. The molecular formula is C21H34FIN4O2. The molecule has 1 aliphatic heterocycles. The summed E-state index contributed by atoms with van der Waals surface area (Å²) in [6, 6.07) is 6.64. The summed E-state index contributed by atoms with van der Waals surface area (Å²) in [5.74, 6) is 1.02. The summed E-state index contributed by atoms with van der Waals surface area (Å²) < 4.78 is 18.7. The highest BCUT2D eigenvalue weighted by Crippen LogP contribution is 2.19. The molecule has 0 spiro atoms. The Bertz CT molecular complexity index is 671. The fraction of sp³-hybridized carbons (Fsp3) is 0.619. The number of carbonyl (C=O) groups excluding carboxylic acids is 1. The molecule has 2 N–H and O–H groups in total. The van der Waals surface area contributed by atoms with Crippen LogP contribution in [0.15, 0.2) is 29.3 Å². The van der Waals surface area contributed by atoms with Crippen molar-refractivity contribution in [2.75, 3.05) is 33.2 Å². The molecule has 0 aromatic heterocycles. The van der Waals surface area contributed by atoms with Crippen molar-refractivity contribution in [3.05, 3.63) is 35.6 Å². The zero-order valence-corrected chi connectivity index (χ0v) is 20.2. The minimum absolute atomic E-state index is 0. The SMILES string of the molecule is CN=C(NCCc1cccc(F)c1)NCC1CCN(C(=O)OC(C)(C)C)CC1.I. The first-order chi connectivity index (χ1) is 13.3. The third-order valence-corrected chi connectivity index (χ3v) is 4.64. The van der Waals surface area contributed by atoms with Crippen LogP contribution in [-0.4, -0.2) is 55.8 Å². The summed E-state index contributed by atoms with van der Waals surface area (Å²) >= 11 is 0. The first-order valence-corrected chi connectivity index (χ1v) is 9.94. The minimum Gasteiger partial charge on any atom is -0.444 e. The highest BCUT2D eigenvalue weighted by molar-refractivity contribution is 14.0. The summed E-state index contributed by atoms with van der Waals surface area (Å²) in [6.45, 7) is 8.57. The number of ether oxygens (including phenoxy) is 1. The zero-order valence-electron chi connectivity index (χ0n) is 17.8. The number of carbonyl (C=O) groups is 1. The number of hydrogen-bond donors (Lipinski definition) is 2. The monoisotopic (exact) mass is 520 g/mol. The first-order valence-electron chi connectivity index (χ1n) is 9.94. The smallest absolute Gasteiger partial charge is 0.410 e. The molecule has 1 aliphatic rings. The Hall–Kier alpha value is -1.58. The predicted octanol–water partition coefficient (Wildman–Crippen LogP) is 3.80. The van der Waals surface area contributed by atoms with Crippen LogP contribution >= 0.6 is 24.0 Å². The first kappa shape index (κ1) is 25.5. The number of nitrogens with one attached hydrogen (secondary N) is 2. The number of rotatable bonds is 5. The normalized spacial score (nSPS) is 15.5. The van der Waals surface area contributed by atoms with E-state index < -0.39 is 5.60 Å². The van der Waals surface area contributed by atoms with Crippen molar-refractivity contribution in [2.45, 2.75) is 45.6 Å². The number of amides is 1. The highest BCUT2D eigenvalue weighted by Gasteiger charge is 2.26. The number of likely N-dealkylation sites (tertiary alicyclic amines) is 1. The molecule has 2 rings (SSSR count). The van der Waals surface area contributed by atoms with Crippen LogP contribution in [0.5, 0.6) is 0 Å². The number of piperidine rings is 1. The van der Waals surface area contributed by atoms with E-state index in [0.717, 1.165) is 37.3 Å². The van der Waals surface area contributed by atoms with Crippen molar-refractivity contribution in [2.24, 2.45) is 10.9 Å². The van der Waals surface area contributed by atoms with Gasteiger partial charge in [0, 0.05) is 33.2 Å². The maximum atomic E-state index is 13.2. The minimum atomic E-state index is -0.459. The van der Waals surface area contributed by atoms with E-state index in [9.17, 15) is 9.18 Å². The van der Waals surface area contributed by atoms with E-state index in [1.54, 1.807) is 24.1 Å². The maximum absolute atomic E-state index is 13.2. The molecule has 1 aromatic rings. The number of guanidine groups is 1. The molecule has 0 atom stereocenters. The second-order valence-corrected chi connectivity index (χ2v) is 8.17. The lowest BCUT2D eigenvalue weighted by Crippen LogP contribution is -2.45. The predicted molar refractivity (Wildman–Crippen MR) is 125 cm³/mol. The largest absolute Gasteiger partial charge is 0.444 e. The third kappa shape index (κ3) is 9.64. The molecule has 1 saturated heterocycles.